The van der Waals surface area contributed by atoms with E-state index in [9.17, 15) is 19.2 Å². The minimum absolute atomic E-state index is 0.268. The summed E-state index contributed by atoms with van der Waals surface area (Å²) in [4.78, 5) is 51.7. The molecule has 9 heteroatoms. The average molecular weight is 419 g/mol. The van der Waals surface area contributed by atoms with Gasteiger partial charge < -0.3 is 15.2 Å². The Morgan fingerprint density at radius 3 is 1.87 bits per heavy atom. The third-order valence-electron chi connectivity index (χ3n) is 4.46. The lowest BCUT2D eigenvalue weighted by molar-refractivity contribution is -0.00895. The van der Waals surface area contributed by atoms with E-state index in [2.05, 4.69) is 0 Å². The van der Waals surface area contributed by atoms with E-state index in [1.54, 1.807) is 29.2 Å². The summed E-state index contributed by atoms with van der Waals surface area (Å²) in [5.41, 5.74) is 4.60. The first kappa shape index (κ1) is 23.2. The maximum absolute atomic E-state index is 12.8. The fourth-order valence-electron chi connectivity index (χ4n) is 3.68. The summed E-state index contributed by atoms with van der Waals surface area (Å²) in [6.45, 7) is 10.6. The van der Waals surface area contributed by atoms with Gasteiger partial charge in [0.25, 0.3) is 11.8 Å². The molecule has 1 aromatic rings. The van der Waals surface area contributed by atoms with Gasteiger partial charge in [-0.25, -0.2) is 9.59 Å². The van der Waals surface area contributed by atoms with Crippen molar-refractivity contribution in [2.75, 3.05) is 13.2 Å². The molecule has 1 aromatic carbocycles. The number of hydrogen-bond acceptors (Lipinski definition) is 6. The van der Waals surface area contributed by atoms with E-state index in [-0.39, 0.29) is 24.3 Å². The fourth-order valence-corrected chi connectivity index (χ4v) is 3.68. The molecule has 0 saturated heterocycles. The van der Waals surface area contributed by atoms with E-state index < -0.39 is 41.2 Å². The Hall–Kier alpha value is -3.10. The molecule has 1 aliphatic heterocycles. The van der Waals surface area contributed by atoms with E-state index >= 15 is 0 Å². The van der Waals surface area contributed by atoms with Crippen molar-refractivity contribution in [1.29, 1.82) is 0 Å². The fraction of sp³-hybridized carbons (Fsp3) is 0.524. The SMILES string of the molecule is CC(C)(C)N(C(=O)OC[C@@H](CN1C(=O)c2ccccc2C1=O)OC(N)=O)C(C)(C)C. The number of primary amides is 1. The zero-order valence-electron chi connectivity index (χ0n) is 18.2. The van der Waals surface area contributed by atoms with Crippen molar-refractivity contribution in [1.82, 2.24) is 9.80 Å². The van der Waals surface area contributed by atoms with Crippen LogP contribution < -0.4 is 5.73 Å². The average Bonchev–Trinajstić information content (AvgIpc) is 2.82. The summed E-state index contributed by atoms with van der Waals surface area (Å²) < 4.78 is 10.4. The Kier molecular flexibility index (Phi) is 6.44. The van der Waals surface area contributed by atoms with Gasteiger partial charge in [-0.05, 0) is 53.7 Å². The molecule has 2 N–H and O–H groups in total. The van der Waals surface area contributed by atoms with Gasteiger partial charge in [0.1, 0.15) is 6.61 Å². The molecule has 4 amide bonds. The molecule has 0 bridgehead atoms. The molecule has 0 saturated carbocycles. The smallest absolute Gasteiger partial charge is 0.410 e. The highest BCUT2D eigenvalue weighted by atomic mass is 16.6. The summed E-state index contributed by atoms with van der Waals surface area (Å²) >= 11 is 0. The molecule has 2 rings (SSSR count). The molecule has 0 radical (unpaired) electrons. The van der Waals surface area contributed by atoms with Crippen LogP contribution in [0.5, 0.6) is 0 Å². The number of imide groups is 1. The third kappa shape index (κ3) is 5.08. The van der Waals surface area contributed by atoms with Gasteiger partial charge in [-0.2, -0.15) is 0 Å². The van der Waals surface area contributed by atoms with Gasteiger partial charge in [0.2, 0.25) is 0 Å². The number of fused-ring (bicyclic) bond motifs is 1. The number of hydrogen-bond donors (Lipinski definition) is 1. The van der Waals surface area contributed by atoms with E-state index in [1.165, 1.54) is 0 Å². The van der Waals surface area contributed by atoms with Gasteiger partial charge in [-0.3, -0.25) is 19.4 Å². The molecule has 1 aliphatic rings. The molecular weight excluding hydrogens is 390 g/mol. The van der Waals surface area contributed by atoms with Crippen LogP contribution in [0.25, 0.3) is 0 Å². The first-order valence-corrected chi connectivity index (χ1v) is 9.62. The van der Waals surface area contributed by atoms with Gasteiger partial charge in [-0.15, -0.1) is 0 Å². The van der Waals surface area contributed by atoms with Crippen LogP contribution in [-0.2, 0) is 9.47 Å². The number of nitrogens with zero attached hydrogens (tertiary/aromatic N) is 2. The summed E-state index contributed by atoms with van der Waals surface area (Å²) in [7, 11) is 0. The van der Waals surface area contributed by atoms with Crippen molar-refractivity contribution in [3.8, 4) is 0 Å². The van der Waals surface area contributed by atoms with E-state index in [1.807, 2.05) is 41.5 Å². The van der Waals surface area contributed by atoms with Crippen molar-refractivity contribution in [3.63, 3.8) is 0 Å². The van der Waals surface area contributed by atoms with Gasteiger partial charge in [0, 0.05) is 11.1 Å². The molecule has 0 aliphatic carbocycles. The van der Waals surface area contributed by atoms with Gasteiger partial charge in [0.05, 0.1) is 17.7 Å². The predicted molar refractivity (Wildman–Crippen MR) is 109 cm³/mol. The maximum atomic E-state index is 12.8. The Labute approximate surface area is 176 Å². The second-order valence-electron chi connectivity index (χ2n) is 9.08. The predicted octanol–water partition coefficient (Wildman–Crippen LogP) is 2.78. The van der Waals surface area contributed by atoms with Gasteiger partial charge >= 0.3 is 12.2 Å². The van der Waals surface area contributed by atoms with Crippen LogP contribution in [0.15, 0.2) is 24.3 Å². The Morgan fingerprint density at radius 1 is 1.00 bits per heavy atom. The normalized spacial score (nSPS) is 14.9. The monoisotopic (exact) mass is 419 g/mol. The second kappa shape index (κ2) is 8.33. The number of carbonyl (C=O) groups is 4. The van der Waals surface area contributed by atoms with Crippen LogP contribution in [0.3, 0.4) is 0 Å². The van der Waals surface area contributed by atoms with E-state index in [0.29, 0.717) is 0 Å². The Morgan fingerprint density at radius 2 is 1.47 bits per heavy atom. The van der Waals surface area contributed by atoms with Crippen molar-refractivity contribution >= 4 is 24.0 Å². The highest BCUT2D eigenvalue weighted by molar-refractivity contribution is 6.21. The molecule has 0 unspecified atom stereocenters. The summed E-state index contributed by atoms with van der Waals surface area (Å²) in [5.74, 6) is -1.02. The maximum Gasteiger partial charge on any atom is 0.410 e. The van der Waals surface area contributed by atoms with Crippen LogP contribution >= 0.6 is 0 Å². The van der Waals surface area contributed by atoms with Crippen molar-refractivity contribution in [3.05, 3.63) is 35.4 Å². The summed E-state index contributed by atoms with van der Waals surface area (Å²) in [5, 5.41) is 0. The molecule has 9 nitrogen and oxygen atoms in total. The van der Waals surface area contributed by atoms with Crippen molar-refractivity contribution < 1.29 is 28.7 Å². The zero-order chi connectivity index (χ0) is 22.9. The first-order valence-electron chi connectivity index (χ1n) is 9.62. The lowest BCUT2D eigenvalue weighted by atomic mass is 9.97. The number of amides is 4. The molecule has 1 atom stereocenters. The highest BCUT2D eigenvalue weighted by Gasteiger charge is 2.39. The molecule has 0 spiro atoms. The number of rotatable bonds is 5. The molecule has 0 fully saturated rings. The van der Waals surface area contributed by atoms with Crippen molar-refractivity contribution in [2.45, 2.75) is 58.7 Å². The van der Waals surface area contributed by atoms with Crippen LogP contribution in [0.2, 0.25) is 0 Å². The number of benzene rings is 1. The summed E-state index contributed by atoms with van der Waals surface area (Å²) in [6, 6.07) is 6.40. The van der Waals surface area contributed by atoms with Crippen LogP contribution in [0.1, 0.15) is 62.3 Å². The topological polar surface area (TPSA) is 119 Å². The van der Waals surface area contributed by atoms with Crippen LogP contribution in [0, 0.1) is 0 Å². The van der Waals surface area contributed by atoms with E-state index in [0.717, 1.165) is 4.90 Å². The molecule has 0 aromatic heterocycles. The minimum atomic E-state index is -1.10. The highest BCUT2D eigenvalue weighted by Crippen LogP contribution is 2.26. The number of ether oxygens (including phenoxy) is 2. The zero-order valence-corrected chi connectivity index (χ0v) is 18.2. The Bertz CT molecular complexity index is 804. The molecular formula is C21H29N3O6. The number of nitrogens with two attached hydrogens (primary N) is 1. The second-order valence-corrected chi connectivity index (χ2v) is 9.08. The lowest BCUT2D eigenvalue weighted by Crippen LogP contribution is -2.56. The minimum Gasteiger partial charge on any atom is -0.445 e. The van der Waals surface area contributed by atoms with E-state index in [4.69, 9.17) is 15.2 Å². The summed E-state index contributed by atoms with van der Waals surface area (Å²) in [6.07, 6.45) is -2.82. The largest absolute Gasteiger partial charge is 0.445 e. The van der Waals surface area contributed by atoms with Gasteiger partial charge in [-0.1, -0.05) is 12.1 Å². The Balaban J connectivity index is 2.14. The third-order valence-corrected chi connectivity index (χ3v) is 4.46. The van der Waals surface area contributed by atoms with Gasteiger partial charge in [0.15, 0.2) is 6.10 Å². The van der Waals surface area contributed by atoms with Crippen molar-refractivity contribution in [2.24, 2.45) is 5.73 Å². The molecule has 1 heterocycles. The molecule has 164 valence electrons. The lowest BCUT2D eigenvalue weighted by Gasteiger charge is -2.44. The quantitative estimate of drug-likeness (QED) is 0.733. The van der Waals surface area contributed by atoms with Crippen LogP contribution in [-0.4, -0.2) is 64.1 Å². The first-order chi connectivity index (χ1) is 13.7. The van der Waals surface area contributed by atoms with Crippen LogP contribution in [0.4, 0.5) is 9.59 Å². The number of carbonyl (C=O) groups excluding carboxylic acids is 4. The molecule has 30 heavy (non-hydrogen) atoms. The standard InChI is InChI=1S/C21H29N3O6/c1-20(2,3)24(21(4,5)6)19(28)29-12-13(30-18(22)27)11-23-16(25)14-9-7-8-10-15(14)17(23)26/h7-10,13H,11-12H2,1-6H3,(H2,22,27)/t13-/m1/s1.